The molecule has 0 radical (unpaired) electrons. The van der Waals surface area contributed by atoms with Gasteiger partial charge < -0.3 is 10.1 Å². The predicted octanol–water partition coefficient (Wildman–Crippen LogP) is 3.36. The van der Waals surface area contributed by atoms with Crippen LogP contribution in [0.1, 0.15) is 32.3 Å². The summed E-state index contributed by atoms with van der Waals surface area (Å²) in [6.45, 7) is 7.33. The lowest BCUT2D eigenvalue weighted by Gasteiger charge is -2.36. The summed E-state index contributed by atoms with van der Waals surface area (Å²) in [7, 11) is 0. The number of rotatable bonds is 2. The van der Waals surface area contributed by atoms with Crippen LogP contribution in [-0.2, 0) is 4.74 Å². The van der Waals surface area contributed by atoms with Crippen molar-refractivity contribution in [1.82, 2.24) is 0 Å². The SMILES string of the molecule is Cc1ccccc1NC1CCOC(C)(C)C1. The molecular formula is C14H21NO. The summed E-state index contributed by atoms with van der Waals surface area (Å²) in [6.07, 6.45) is 2.17. The van der Waals surface area contributed by atoms with E-state index in [0.29, 0.717) is 6.04 Å². The quantitative estimate of drug-likeness (QED) is 0.823. The van der Waals surface area contributed by atoms with E-state index in [0.717, 1.165) is 19.4 Å². The predicted molar refractivity (Wildman–Crippen MR) is 67.9 cm³/mol. The molecule has 1 heterocycles. The molecule has 88 valence electrons. The first-order valence-corrected chi connectivity index (χ1v) is 6.03. The van der Waals surface area contributed by atoms with E-state index in [1.807, 2.05) is 0 Å². The number of ether oxygens (including phenoxy) is 1. The van der Waals surface area contributed by atoms with Crippen molar-refractivity contribution < 1.29 is 4.74 Å². The Labute approximate surface area is 98.0 Å². The normalized spacial score (nSPS) is 24.1. The van der Waals surface area contributed by atoms with Gasteiger partial charge in [0.25, 0.3) is 0 Å². The summed E-state index contributed by atoms with van der Waals surface area (Å²) in [5.41, 5.74) is 2.58. The molecule has 16 heavy (non-hydrogen) atoms. The second-order valence-electron chi connectivity index (χ2n) is 5.26. The van der Waals surface area contributed by atoms with Gasteiger partial charge in [-0.2, -0.15) is 0 Å². The lowest BCUT2D eigenvalue weighted by molar-refractivity contribution is -0.0553. The molecule has 2 rings (SSSR count). The fraction of sp³-hybridized carbons (Fsp3) is 0.571. The molecule has 1 unspecified atom stereocenters. The monoisotopic (exact) mass is 219 g/mol. The third-order valence-corrected chi connectivity index (χ3v) is 3.20. The molecule has 2 heteroatoms. The van der Waals surface area contributed by atoms with E-state index in [1.165, 1.54) is 11.3 Å². The summed E-state index contributed by atoms with van der Waals surface area (Å²) in [4.78, 5) is 0. The minimum absolute atomic E-state index is 0.0125. The van der Waals surface area contributed by atoms with Crippen LogP contribution in [0.25, 0.3) is 0 Å². The number of benzene rings is 1. The molecule has 1 aromatic rings. The number of anilines is 1. The Balaban J connectivity index is 2.02. The zero-order valence-corrected chi connectivity index (χ0v) is 10.4. The maximum atomic E-state index is 5.72. The van der Waals surface area contributed by atoms with E-state index in [4.69, 9.17) is 4.74 Å². The highest BCUT2D eigenvalue weighted by Crippen LogP contribution is 2.27. The molecule has 1 aliphatic heterocycles. The van der Waals surface area contributed by atoms with E-state index < -0.39 is 0 Å². The van der Waals surface area contributed by atoms with E-state index >= 15 is 0 Å². The molecule has 1 fully saturated rings. The first kappa shape index (κ1) is 11.5. The maximum absolute atomic E-state index is 5.72. The second kappa shape index (κ2) is 4.46. The van der Waals surface area contributed by atoms with Gasteiger partial charge in [0.05, 0.1) is 5.60 Å². The number of aryl methyl sites for hydroxylation is 1. The third-order valence-electron chi connectivity index (χ3n) is 3.20. The number of para-hydroxylation sites is 1. The zero-order chi connectivity index (χ0) is 11.6. The van der Waals surface area contributed by atoms with Crippen molar-refractivity contribution in [2.45, 2.75) is 45.3 Å². The van der Waals surface area contributed by atoms with Crippen LogP contribution < -0.4 is 5.32 Å². The van der Waals surface area contributed by atoms with Crippen molar-refractivity contribution in [3.05, 3.63) is 29.8 Å². The minimum atomic E-state index is 0.0125. The highest BCUT2D eigenvalue weighted by molar-refractivity contribution is 5.51. The standard InChI is InChI=1S/C14H21NO/c1-11-6-4-5-7-13(11)15-12-8-9-16-14(2,3)10-12/h4-7,12,15H,8-10H2,1-3H3. The number of hydrogen-bond donors (Lipinski definition) is 1. The first-order chi connectivity index (χ1) is 7.57. The number of hydrogen-bond acceptors (Lipinski definition) is 2. The van der Waals surface area contributed by atoms with Gasteiger partial charge in [-0.1, -0.05) is 18.2 Å². The van der Waals surface area contributed by atoms with Gasteiger partial charge in [-0.25, -0.2) is 0 Å². The van der Waals surface area contributed by atoms with Gasteiger partial charge in [-0.3, -0.25) is 0 Å². The van der Waals surface area contributed by atoms with Crippen molar-refractivity contribution in [2.75, 3.05) is 11.9 Å². The highest BCUT2D eigenvalue weighted by atomic mass is 16.5. The maximum Gasteiger partial charge on any atom is 0.0646 e. The molecule has 1 aliphatic rings. The third kappa shape index (κ3) is 2.76. The summed E-state index contributed by atoms with van der Waals surface area (Å²) in [6, 6.07) is 8.99. The first-order valence-electron chi connectivity index (χ1n) is 6.03. The van der Waals surface area contributed by atoms with Gasteiger partial charge >= 0.3 is 0 Å². The molecule has 1 N–H and O–H groups in total. The minimum Gasteiger partial charge on any atom is -0.382 e. The molecule has 0 saturated carbocycles. The summed E-state index contributed by atoms with van der Waals surface area (Å²) in [5.74, 6) is 0. The smallest absolute Gasteiger partial charge is 0.0646 e. The zero-order valence-electron chi connectivity index (χ0n) is 10.4. The van der Waals surface area contributed by atoms with Crippen LogP contribution in [0.15, 0.2) is 24.3 Å². The fourth-order valence-electron chi connectivity index (χ4n) is 2.31. The van der Waals surface area contributed by atoms with Gasteiger partial charge in [-0.15, -0.1) is 0 Å². The topological polar surface area (TPSA) is 21.3 Å². The summed E-state index contributed by atoms with van der Waals surface area (Å²) >= 11 is 0. The highest BCUT2D eigenvalue weighted by Gasteiger charge is 2.28. The van der Waals surface area contributed by atoms with Crippen molar-refractivity contribution in [2.24, 2.45) is 0 Å². The molecule has 1 atom stereocenters. The number of nitrogens with one attached hydrogen (secondary N) is 1. The molecule has 0 aromatic heterocycles. The second-order valence-corrected chi connectivity index (χ2v) is 5.26. The van der Waals surface area contributed by atoms with Gasteiger partial charge in [0.2, 0.25) is 0 Å². The lowest BCUT2D eigenvalue weighted by atomic mass is 9.93. The Kier molecular flexibility index (Phi) is 3.20. The lowest BCUT2D eigenvalue weighted by Crippen LogP contribution is -2.40. The molecule has 2 nitrogen and oxygen atoms in total. The van der Waals surface area contributed by atoms with Crippen LogP contribution in [-0.4, -0.2) is 18.2 Å². The van der Waals surface area contributed by atoms with Gasteiger partial charge in [0, 0.05) is 18.3 Å². The van der Waals surface area contributed by atoms with Crippen molar-refractivity contribution >= 4 is 5.69 Å². The van der Waals surface area contributed by atoms with Crippen LogP contribution in [0.5, 0.6) is 0 Å². The fourth-order valence-corrected chi connectivity index (χ4v) is 2.31. The van der Waals surface area contributed by atoms with Crippen LogP contribution in [0, 0.1) is 6.92 Å². The van der Waals surface area contributed by atoms with Crippen molar-refractivity contribution in [3.8, 4) is 0 Å². The van der Waals surface area contributed by atoms with Gasteiger partial charge in [0.1, 0.15) is 0 Å². The Bertz CT molecular complexity index is 360. The van der Waals surface area contributed by atoms with Crippen LogP contribution >= 0.6 is 0 Å². The average molecular weight is 219 g/mol. The molecule has 0 aliphatic carbocycles. The molecule has 1 aromatic carbocycles. The molecule has 1 saturated heterocycles. The average Bonchev–Trinajstić information content (AvgIpc) is 2.20. The Morgan fingerprint density at radius 2 is 2.06 bits per heavy atom. The Hall–Kier alpha value is -1.02. The van der Waals surface area contributed by atoms with E-state index in [1.54, 1.807) is 0 Å². The molecule has 0 bridgehead atoms. The van der Waals surface area contributed by atoms with Crippen LogP contribution in [0.3, 0.4) is 0 Å². The van der Waals surface area contributed by atoms with Gasteiger partial charge in [-0.05, 0) is 45.2 Å². The molecule has 0 amide bonds. The Morgan fingerprint density at radius 3 is 2.75 bits per heavy atom. The van der Waals surface area contributed by atoms with E-state index in [-0.39, 0.29) is 5.60 Å². The van der Waals surface area contributed by atoms with Crippen molar-refractivity contribution in [3.63, 3.8) is 0 Å². The van der Waals surface area contributed by atoms with Gasteiger partial charge in [0.15, 0.2) is 0 Å². The van der Waals surface area contributed by atoms with Crippen LogP contribution in [0.4, 0.5) is 5.69 Å². The van der Waals surface area contributed by atoms with E-state index in [2.05, 4.69) is 50.4 Å². The Morgan fingerprint density at radius 1 is 1.31 bits per heavy atom. The van der Waals surface area contributed by atoms with Crippen molar-refractivity contribution in [1.29, 1.82) is 0 Å². The largest absolute Gasteiger partial charge is 0.382 e. The van der Waals surface area contributed by atoms with E-state index in [9.17, 15) is 0 Å². The molecule has 0 spiro atoms. The summed E-state index contributed by atoms with van der Waals surface area (Å²) < 4.78 is 5.72. The van der Waals surface area contributed by atoms with Crippen LogP contribution in [0.2, 0.25) is 0 Å². The molecular weight excluding hydrogens is 198 g/mol. The summed E-state index contributed by atoms with van der Waals surface area (Å²) in [5, 5.41) is 3.62.